The van der Waals surface area contributed by atoms with Crippen LogP contribution < -0.4 is 15.4 Å². The number of rotatable bonds is 6. The fraction of sp³-hybridized carbons (Fsp3) is 0. The van der Waals surface area contributed by atoms with Gasteiger partial charge >= 0.3 is 0 Å². The van der Waals surface area contributed by atoms with Crippen LogP contribution in [-0.2, 0) is 0 Å². The number of carbonyl (C=O) groups excluding carboxylic acids is 2. The van der Waals surface area contributed by atoms with Crippen LogP contribution in [0.1, 0.15) is 20.7 Å². The Hall–Kier alpha value is -4.78. The number of amides is 2. The van der Waals surface area contributed by atoms with Crippen LogP contribution >= 0.6 is 0 Å². The summed E-state index contributed by atoms with van der Waals surface area (Å²) in [5.41, 5.74) is 2.08. The minimum absolute atomic E-state index is 0.0980. The van der Waals surface area contributed by atoms with E-state index in [0.717, 1.165) is 0 Å². The molecule has 0 radical (unpaired) electrons. The van der Waals surface area contributed by atoms with Crippen molar-refractivity contribution < 1.29 is 24.5 Å². The molecule has 7 nitrogen and oxygen atoms in total. The molecule has 0 fully saturated rings. The van der Waals surface area contributed by atoms with Crippen LogP contribution in [0.4, 0.5) is 11.4 Å². The average molecular weight is 440 g/mol. The van der Waals surface area contributed by atoms with Gasteiger partial charge in [-0.25, -0.2) is 0 Å². The van der Waals surface area contributed by atoms with Crippen molar-refractivity contribution in [2.75, 3.05) is 10.6 Å². The van der Waals surface area contributed by atoms with Gasteiger partial charge in [0.25, 0.3) is 11.8 Å². The smallest absolute Gasteiger partial charge is 0.255 e. The van der Waals surface area contributed by atoms with Gasteiger partial charge in [0.05, 0.1) is 0 Å². The highest BCUT2D eigenvalue weighted by Gasteiger charge is 2.08. The van der Waals surface area contributed by atoms with Gasteiger partial charge in [0.2, 0.25) is 0 Å². The first-order valence-electron chi connectivity index (χ1n) is 10.0. The third-order valence-corrected chi connectivity index (χ3v) is 4.72. The monoisotopic (exact) mass is 440 g/mol. The fourth-order valence-electron chi connectivity index (χ4n) is 2.98. The van der Waals surface area contributed by atoms with E-state index in [1.807, 2.05) is 0 Å². The molecule has 2 amide bonds. The van der Waals surface area contributed by atoms with Crippen LogP contribution in [0.5, 0.6) is 23.0 Å². The van der Waals surface area contributed by atoms with Crippen molar-refractivity contribution in [2.24, 2.45) is 0 Å². The Bertz CT molecular complexity index is 1150. The summed E-state index contributed by atoms with van der Waals surface area (Å²) < 4.78 is 5.81. The van der Waals surface area contributed by atoms with Crippen molar-refractivity contribution in [3.05, 3.63) is 108 Å². The van der Waals surface area contributed by atoms with E-state index in [1.54, 1.807) is 72.8 Å². The summed E-state index contributed by atoms with van der Waals surface area (Å²) in [6, 6.07) is 25.8. The molecule has 0 saturated carbocycles. The standard InChI is InChI=1S/C26H20N2O5/c29-21-9-1-17(2-10-21)25(31)27-19-5-13-23(14-6-19)33-24-15-7-20(8-16-24)28-26(32)18-3-11-22(30)12-4-18/h1-16,29-30H,(H,27,31)(H,28,32). The van der Waals surface area contributed by atoms with Crippen molar-refractivity contribution in [2.45, 2.75) is 0 Å². The number of phenolic OH excluding ortho intramolecular Hbond substituents is 2. The molecule has 0 aliphatic carbocycles. The number of hydrogen-bond donors (Lipinski definition) is 4. The van der Waals surface area contributed by atoms with Crippen LogP contribution in [0.2, 0.25) is 0 Å². The first-order chi connectivity index (χ1) is 16.0. The van der Waals surface area contributed by atoms with Gasteiger partial charge in [-0.3, -0.25) is 9.59 Å². The van der Waals surface area contributed by atoms with E-state index >= 15 is 0 Å². The highest BCUT2D eigenvalue weighted by molar-refractivity contribution is 6.05. The number of benzene rings is 4. The largest absolute Gasteiger partial charge is 0.508 e. The summed E-state index contributed by atoms with van der Waals surface area (Å²) in [4.78, 5) is 24.5. The summed E-state index contributed by atoms with van der Waals surface area (Å²) in [6.45, 7) is 0. The number of nitrogens with one attached hydrogen (secondary N) is 2. The molecule has 0 atom stereocenters. The maximum absolute atomic E-state index is 12.3. The lowest BCUT2D eigenvalue weighted by atomic mass is 10.2. The number of ether oxygens (including phenoxy) is 1. The zero-order chi connectivity index (χ0) is 23.2. The molecule has 0 aliphatic heterocycles. The second-order valence-electron chi connectivity index (χ2n) is 7.15. The lowest BCUT2D eigenvalue weighted by Crippen LogP contribution is -2.11. The zero-order valence-electron chi connectivity index (χ0n) is 17.4. The quantitative estimate of drug-likeness (QED) is 0.321. The number of phenols is 2. The summed E-state index contributed by atoms with van der Waals surface area (Å²) in [5, 5.41) is 24.2. The molecule has 0 saturated heterocycles. The summed E-state index contributed by atoms with van der Waals surface area (Å²) in [5.74, 6) is 0.792. The highest BCUT2D eigenvalue weighted by atomic mass is 16.5. The highest BCUT2D eigenvalue weighted by Crippen LogP contribution is 2.25. The Morgan fingerprint density at radius 2 is 0.848 bits per heavy atom. The fourth-order valence-corrected chi connectivity index (χ4v) is 2.98. The minimum atomic E-state index is -0.284. The number of carbonyl (C=O) groups is 2. The van der Waals surface area contributed by atoms with Gasteiger partial charge in [-0.15, -0.1) is 0 Å². The average Bonchev–Trinajstić information content (AvgIpc) is 2.82. The van der Waals surface area contributed by atoms with Crippen LogP contribution in [0.15, 0.2) is 97.1 Å². The Morgan fingerprint density at radius 1 is 0.515 bits per heavy atom. The molecule has 4 aromatic rings. The number of anilines is 2. The minimum Gasteiger partial charge on any atom is -0.508 e. The molecule has 0 aromatic heterocycles. The molecule has 4 rings (SSSR count). The van der Waals surface area contributed by atoms with E-state index in [2.05, 4.69) is 10.6 Å². The van der Waals surface area contributed by atoms with Crippen LogP contribution in [0.3, 0.4) is 0 Å². The summed E-state index contributed by atoms with van der Waals surface area (Å²) in [7, 11) is 0. The Morgan fingerprint density at radius 3 is 1.18 bits per heavy atom. The molecule has 33 heavy (non-hydrogen) atoms. The molecule has 0 heterocycles. The van der Waals surface area contributed by atoms with Crippen molar-refractivity contribution >= 4 is 23.2 Å². The Balaban J connectivity index is 1.33. The lowest BCUT2D eigenvalue weighted by molar-refractivity contribution is 0.101. The van der Waals surface area contributed by atoms with Crippen LogP contribution in [0.25, 0.3) is 0 Å². The van der Waals surface area contributed by atoms with Gasteiger partial charge in [-0.05, 0) is 97.1 Å². The van der Waals surface area contributed by atoms with E-state index < -0.39 is 0 Å². The van der Waals surface area contributed by atoms with Crippen LogP contribution in [-0.4, -0.2) is 22.0 Å². The third kappa shape index (κ3) is 5.68. The second-order valence-corrected chi connectivity index (χ2v) is 7.15. The topological polar surface area (TPSA) is 108 Å². The predicted molar refractivity (Wildman–Crippen MR) is 125 cm³/mol. The normalized spacial score (nSPS) is 10.3. The van der Waals surface area contributed by atoms with Crippen molar-refractivity contribution in [3.63, 3.8) is 0 Å². The van der Waals surface area contributed by atoms with Gasteiger partial charge in [-0.1, -0.05) is 0 Å². The molecule has 0 spiro atoms. The first kappa shape index (κ1) is 21.5. The van der Waals surface area contributed by atoms with E-state index in [1.165, 1.54) is 24.3 Å². The maximum atomic E-state index is 12.3. The molecule has 0 aliphatic rings. The number of aromatic hydroxyl groups is 2. The Kier molecular flexibility index (Phi) is 6.22. The lowest BCUT2D eigenvalue weighted by Gasteiger charge is -2.10. The molecule has 164 valence electrons. The number of hydrogen-bond acceptors (Lipinski definition) is 5. The SMILES string of the molecule is O=C(Nc1ccc(Oc2ccc(NC(=O)c3ccc(O)cc3)cc2)cc1)c1ccc(O)cc1. The molecule has 4 aromatic carbocycles. The van der Waals surface area contributed by atoms with E-state index in [-0.39, 0.29) is 23.3 Å². The van der Waals surface area contributed by atoms with Gasteiger partial charge in [0.15, 0.2) is 0 Å². The predicted octanol–water partition coefficient (Wildman–Crippen LogP) is 5.39. The molecular weight excluding hydrogens is 420 g/mol. The Labute approximate surface area is 189 Å². The van der Waals surface area contributed by atoms with Crippen LogP contribution in [0, 0.1) is 0 Å². The van der Waals surface area contributed by atoms with Crippen molar-refractivity contribution in [1.82, 2.24) is 0 Å². The van der Waals surface area contributed by atoms with Crippen molar-refractivity contribution in [1.29, 1.82) is 0 Å². The second kappa shape index (κ2) is 9.57. The maximum Gasteiger partial charge on any atom is 0.255 e. The summed E-state index contributed by atoms with van der Waals surface area (Å²) >= 11 is 0. The first-order valence-corrected chi connectivity index (χ1v) is 10.0. The van der Waals surface area contributed by atoms with Gasteiger partial charge in [-0.2, -0.15) is 0 Å². The zero-order valence-corrected chi connectivity index (χ0v) is 17.4. The van der Waals surface area contributed by atoms with Gasteiger partial charge in [0, 0.05) is 22.5 Å². The van der Waals surface area contributed by atoms with Gasteiger partial charge in [0.1, 0.15) is 23.0 Å². The van der Waals surface area contributed by atoms with Crippen molar-refractivity contribution in [3.8, 4) is 23.0 Å². The molecular formula is C26H20N2O5. The molecule has 7 heteroatoms. The van der Waals surface area contributed by atoms with E-state index in [0.29, 0.717) is 34.0 Å². The van der Waals surface area contributed by atoms with E-state index in [4.69, 9.17) is 4.74 Å². The summed E-state index contributed by atoms with van der Waals surface area (Å²) in [6.07, 6.45) is 0. The molecule has 4 N–H and O–H groups in total. The van der Waals surface area contributed by atoms with Gasteiger partial charge < -0.3 is 25.6 Å². The molecule has 0 bridgehead atoms. The third-order valence-electron chi connectivity index (χ3n) is 4.72. The molecule has 0 unspecified atom stereocenters. The van der Waals surface area contributed by atoms with E-state index in [9.17, 15) is 19.8 Å².